The minimum absolute atomic E-state index is 0.191. The van der Waals surface area contributed by atoms with Crippen molar-refractivity contribution in [2.75, 3.05) is 29.9 Å². The van der Waals surface area contributed by atoms with Crippen LogP contribution in [-0.2, 0) is 0 Å². The number of fused-ring (bicyclic) bond motifs is 1. The van der Waals surface area contributed by atoms with E-state index in [1.807, 2.05) is 11.0 Å². The van der Waals surface area contributed by atoms with Gasteiger partial charge in [-0.3, -0.25) is 0 Å². The van der Waals surface area contributed by atoms with E-state index >= 15 is 0 Å². The second kappa shape index (κ2) is 8.65. The molecule has 2 fully saturated rings. The molecule has 4 unspecified atom stereocenters. The zero-order valence-electron chi connectivity index (χ0n) is 19.7. The van der Waals surface area contributed by atoms with E-state index in [9.17, 15) is 13.6 Å². The van der Waals surface area contributed by atoms with Crippen LogP contribution in [0, 0.1) is 5.41 Å². The van der Waals surface area contributed by atoms with Crippen molar-refractivity contribution in [2.24, 2.45) is 5.41 Å². The zero-order valence-corrected chi connectivity index (χ0v) is 19.7. The number of carbonyl (C=O) groups is 1. The molecule has 5 atom stereocenters. The second-order valence-corrected chi connectivity index (χ2v) is 9.92. The maximum absolute atomic E-state index is 15.0. The third-order valence-electron chi connectivity index (χ3n) is 7.17. The number of hydrogen-bond donors (Lipinski definition) is 2. The number of anilines is 2. The number of halogens is 2. The third kappa shape index (κ3) is 4.04. The number of carbonyl (C=O) groups excluding carboxylic acids is 1. The molecular weight excluding hydrogens is 440 g/mol. The molecule has 10 heteroatoms. The van der Waals surface area contributed by atoms with E-state index in [1.165, 1.54) is 18.2 Å². The molecule has 2 aromatic rings. The summed E-state index contributed by atoms with van der Waals surface area (Å²) in [7, 11) is 0. The molecule has 182 valence electrons. The number of rotatable bonds is 3. The number of aromatic nitrogens is 3. The number of hydrogen-bond acceptors (Lipinski definition) is 5. The summed E-state index contributed by atoms with van der Waals surface area (Å²) in [4.78, 5) is 21.6. The van der Waals surface area contributed by atoms with Crippen LogP contribution < -0.4 is 15.5 Å². The molecule has 8 nitrogen and oxygen atoms in total. The van der Waals surface area contributed by atoms with Gasteiger partial charge in [-0.05, 0) is 51.0 Å². The molecule has 2 aromatic heterocycles. The topological polar surface area (TPSA) is 77.8 Å². The lowest BCUT2D eigenvalue weighted by molar-refractivity contribution is 0.176. The van der Waals surface area contributed by atoms with Crippen LogP contribution in [0.1, 0.15) is 33.6 Å². The molecule has 2 aliphatic heterocycles. The molecule has 34 heavy (non-hydrogen) atoms. The van der Waals surface area contributed by atoms with Gasteiger partial charge in [-0.15, -0.1) is 0 Å². The van der Waals surface area contributed by atoms with Crippen LogP contribution in [0.2, 0.25) is 0 Å². The molecule has 0 spiro atoms. The monoisotopic (exact) mass is 471 g/mol. The molecule has 0 bridgehead atoms. The summed E-state index contributed by atoms with van der Waals surface area (Å²) in [6.45, 7) is 7.80. The first-order valence-electron chi connectivity index (χ1n) is 11.9. The minimum Gasteiger partial charge on any atom is -0.353 e. The first kappa shape index (κ1) is 22.8. The average molecular weight is 472 g/mol. The molecule has 2 N–H and O–H groups in total. The first-order chi connectivity index (χ1) is 16.2. The Bertz CT molecular complexity index is 1140. The van der Waals surface area contributed by atoms with Crippen LogP contribution in [-0.4, -0.2) is 69.5 Å². The van der Waals surface area contributed by atoms with E-state index in [0.29, 0.717) is 36.8 Å². The molecule has 1 aliphatic carbocycles. The van der Waals surface area contributed by atoms with Gasteiger partial charge in [0.2, 0.25) is 0 Å². The van der Waals surface area contributed by atoms with E-state index in [1.54, 1.807) is 28.7 Å². The van der Waals surface area contributed by atoms with Crippen molar-refractivity contribution >= 4 is 23.2 Å². The van der Waals surface area contributed by atoms with E-state index in [2.05, 4.69) is 29.6 Å². The number of alkyl halides is 1. The van der Waals surface area contributed by atoms with E-state index < -0.39 is 17.4 Å². The molecule has 5 rings (SSSR count). The number of urea groups is 1. The van der Waals surface area contributed by atoms with Gasteiger partial charge in [-0.2, -0.15) is 5.10 Å². The predicted octanol–water partition coefficient (Wildman–Crippen LogP) is 3.68. The fourth-order valence-electron chi connectivity index (χ4n) is 5.57. The van der Waals surface area contributed by atoms with Crippen molar-refractivity contribution in [1.29, 1.82) is 0 Å². The summed E-state index contributed by atoms with van der Waals surface area (Å²) in [5, 5.41) is 10.7. The predicted molar refractivity (Wildman–Crippen MR) is 127 cm³/mol. The molecule has 3 aliphatic rings. The van der Waals surface area contributed by atoms with Gasteiger partial charge in [0, 0.05) is 49.4 Å². The smallest absolute Gasteiger partial charge is 0.322 e. The van der Waals surface area contributed by atoms with Gasteiger partial charge >= 0.3 is 6.03 Å². The summed E-state index contributed by atoms with van der Waals surface area (Å²) < 4.78 is 30.7. The van der Waals surface area contributed by atoms with E-state index in [0.717, 1.165) is 12.8 Å². The SMILES string of the molecule is CC1CN(C(=O)Nc2cnn3ccc(N4CCC[C@@H]4C4(C)C=C(F)C=CC4F)nc23)CC(C)N1. The highest BCUT2D eigenvalue weighted by molar-refractivity contribution is 5.93. The number of allylic oxidation sites excluding steroid dienone is 3. The Morgan fingerprint density at radius 3 is 2.82 bits per heavy atom. The van der Waals surface area contributed by atoms with E-state index in [-0.39, 0.29) is 24.2 Å². The lowest BCUT2D eigenvalue weighted by Gasteiger charge is -2.41. The maximum atomic E-state index is 15.0. The largest absolute Gasteiger partial charge is 0.353 e. The molecule has 0 saturated carbocycles. The molecule has 0 aromatic carbocycles. The average Bonchev–Trinajstić information content (AvgIpc) is 3.43. The van der Waals surface area contributed by atoms with Crippen LogP contribution in [0.3, 0.4) is 0 Å². The van der Waals surface area contributed by atoms with Gasteiger partial charge in [0.25, 0.3) is 0 Å². The second-order valence-electron chi connectivity index (χ2n) is 9.92. The fraction of sp³-hybridized carbons (Fsp3) is 0.542. The number of amides is 2. The zero-order chi connectivity index (χ0) is 24.0. The third-order valence-corrected chi connectivity index (χ3v) is 7.17. The van der Waals surface area contributed by atoms with Crippen LogP contribution in [0.15, 0.2) is 42.5 Å². The Labute approximate surface area is 197 Å². The van der Waals surface area contributed by atoms with Crippen LogP contribution in [0.25, 0.3) is 5.65 Å². The van der Waals surface area contributed by atoms with Gasteiger partial charge < -0.3 is 20.4 Å². The standard InChI is InChI=1S/C24H31F2N7O/c1-15-13-31(14-16(2)28-15)23(34)29-18-12-27-33-10-8-21(30-22(18)33)32-9-4-5-20(32)24(3)11-17(25)6-7-19(24)26/h6-8,10-12,15-16,19-20,28H,4-5,9,13-14H2,1-3H3,(H,29,34)/t15?,16?,19?,20-,24?/m1/s1. The first-order valence-corrected chi connectivity index (χ1v) is 11.9. The normalized spacial score (nSPS) is 31.7. The molecule has 0 radical (unpaired) electrons. The van der Waals surface area contributed by atoms with Gasteiger partial charge in [0.1, 0.15) is 23.5 Å². The van der Waals surface area contributed by atoms with Gasteiger partial charge in [-0.1, -0.05) is 6.92 Å². The van der Waals surface area contributed by atoms with Crippen molar-refractivity contribution in [3.63, 3.8) is 0 Å². The summed E-state index contributed by atoms with van der Waals surface area (Å²) in [5.41, 5.74) is 0.0401. The van der Waals surface area contributed by atoms with Gasteiger partial charge in [0.15, 0.2) is 5.65 Å². The number of piperazine rings is 1. The summed E-state index contributed by atoms with van der Waals surface area (Å²) in [5.74, 6) is 0.246. The van der Waals surface area contributed by atoms with Crippen LogP contribution in [0.4, 0.5) is 25.1 Å². The molecule has 4 heterocycles. The Hall–Kier alpha value is -3.01. The highest BCUT2D eigenvalue weighted by Crippen LogP contribution is 2.44. The molecule has 2 saturated heterocycles. The summed E-state index contributed by atoms with van der Waals surface area (Å²) in [6, 6.07) is 1.83. The van der Waals surface area contributed by atoms with Crippen molar-refractivity contribution in [3.05, 3.63) is 42.5 Å². The Morgan fingerprint density at radius 1 is 1.29 bits per heavy atom. The van der Waals surface area contributed by atoms with Crippen molar-refractivity contribution in [2.45, 2.75) is 57.9 Å². The quantitative estimate of drug-likeness (QED) is 0.714. The Kier molecular flexibility index (Phi) is 5.79. The molecular formula is C24H31F2N7O. The van der Waals surface area contributed by atoms with Crippen molar-refractivity contribution in [3.8, 4) is 0 Å². The van der Waals surface area contributed by atoms with Crippen molar-refractivity contribution in [1.82, 2.24) is 24.8 Å². The number of nitrogens with zero attached hydrogens (tertiary/aromatic N) is 5. The van der Waals surface area contributed by atoms with Crippen LogP contribution in [0.5, 0.6) is 0 Å². The minimum atomic E-state index is -1.28. The molecule has 2 amide bonds. The fourth-order valence-corrected chi connectivity index (χ4v) is 5.57. The number of nitrogens with one attached hydrogen (secondary N) is 2. The van der Waals surface area contributed by atoms with Gasteiger partial charge in [-0.25, -0.2) is 23.1 Å². The Morgan fingerprint density at radius 2 is 2.06 bits per heavy atom. The summed E-state index contributed by atoms with van der Waals surface area (Å²) in [6.07, 6.45) is 7.58. The highest BCUT2D eigenvalue weighted by atomic mass is 19.1. The Balaban J connectivity index is 1.41. The lowest BCUT2D eigenvalue weighted by Crippen LogP contribution is -2.56. The summed E-state index contributed by atoms with van der Waals surface area (Å²) >= 11 is 0. The van der Waals surface area contributed by atoms with Crippen LogP contribution >= 0.6 is 0 Å². The highest BCUT2D eigenvalue weighted by Gasteiger charge is 2.46. The maximum Gasteiger partial charge on any atom is 0.322 e. The van der Waals surface area contributed by atoms with Gasteiger partial charge in [0.05, 0.1) is 6.20 Å². The lowest BCUT2D eigenvalue weighted by atomic mass is 9.74. The van der Waals surface area contributed by atoms with Crippen molar-refractivity contribution < 1.29 is 13.6 Å². The van der Waals surface area contributed by atoms with E-state index in [4.69, 9.17) is 4.98 Å².